The van der Waals surface area contributed by atoms with Gasteiger partial charge in [-0.1, -0.05) is 0 Å². The van der Waals surface area contributed by atoms with E-state index in [1.54, 1.807) is 6.20 Å². The second-order valence-electron chi connectivity index (χ2n) is 3.07. The predicted octanol–water partition coefficient (Wildman–Crippen LogP) is 1.40. The first-order valence-corrected chi connectivity index (χ1v) is 4.48. The average Bonchev–Trinajstić information content (AvgIpc) is 2.52. The van der Waals surface area contributed by atoms with Crippen LogP contribution in [-0.2, 0) is 12.0 Å². The number of nitriles is 1. The van der Waals surface area contributed by atoms with Crippen LogP contribution in [0.4, 0.5) is 0 Å². The maximum Gasteiger partial charge on any atom is 0.113 e. The fourth-order valence-corrected chi connectivity index (χ4v) is 1.58. The SMILES string of the molecule is CC(C)(C#N)c1ncc(CN)s1. The van der Waals surface area contributed by atoms with Gasteiger partial charge in [-0.15, -0.1) is 11.3 Å². The quantitative estimate of drug-likeness (QED) is 0.750. The molecule has 1 rings (SSSR count). The summed E-state index contributed by atoms with van der Waals surface area (Å²) in [7, 11) is 0. The summed E-state index contributed by atoms with van der Waals surface area (Å²) in [6, 6.07) is 2.20. The van der Waals surface area contributed by atoms with Gasteiger partial charge in [-0.2, -0.15) is 5.26 Å². The monoisotopic (exact) mass is 181 g/mol. The van der Waals surface area contributed by atoms with Gasteiger partial charge in [-0.3, -0.25) is 0 Å². The fraction of sp³-hybridized carbons (Fsp3) is 0.500. The zero-order chi connectivity index (χ0) is 9.19. The first-order chi connectivity index (χ1) is 5.60. The van der Waals surface area contributed by atoms with Crippen molar-refractivity contribution in [3.05, 3.63) is 16.1 Å². The van der Waals surface area contributed by atoms with E-state index in [0.29, 0.717) is 6.54 Å². The highest BCUT2D eigenvalue weighted by Gasteiger charge is 2.23. The summed E-state index contributed by atoms with van der Waals surface area (Å²) in [4.78, 5) is 5.17. The van der Waals surface area contributed by atoms with Crippen LogP contribution in [0.25, 0.3) is 0 Å². The summed E-state index contributed by atoms with van der Waals surface area (Å²) in [5, 5.41) is 9.65. The molecule has 0 saturated carbocycles. The highest BCUT2D eigenvalue weighted by Crippen LogP contribution is 2.26. The van der Waals surface area contributed by atoms with Gasteiger partial charge in [0, 0.05) is 17.6 Å². The van der Waals surface area contributed by atoms with Crippen LogP contribution >= 0.6 is 11.3 Å². The largest absolute Gasteiger partial charge is 0.326 e. The van der Waals surface area contributed by atoms with Crippen molar-refractivity contribution < 1.29 is 0 Å². The van der Waals surface area contributed by atoms with Gasteiger partial charge in [0.15, 0.2) is 0 Å². The van der Waals surface area contributed by atoms with E-state index >= 15 is 0 Å². The van der Waals surface area contributed by atoms with Crippen LogP contribution in [0, 0.1) is 11.3 Å². The lowest BCUT2D eigenvalue weighted by atomic mass is 9.97. The topological polar surface area (TPSA) is 62.7 Å². The number of aromatic nitrogens is 1. The van der Waals surface area contributed by atoms with Gasteiger partial charge in [-0.25, -0.2) is 4.98 Å². The smallest absolute Gasteiger partial charge is 0.113 e. The van der Waals surface area contributed by atoms with E-state index in [4.69, 9.17) is 11.0 Å². The molecule has 2 N–H and O–H groups in total. The highest BCUT2D eigenvalue weighted by molar-refractivity contribution is 7.11. The van der Waals surface area contributed by atoms with E-state index in [9.17, 15) is 0 Å². The molecule has 64 valence electrons. The summed E-state index contributed by atoms with van der Waals surface area (Å²) in [6.45, 7) is 4.21. The Morgan fingerprint density at radius 2 is 2.42 bits per heavy atom. The molecule has 0 spiro atoms. The molecular formula is C8H11N3S. The maximum absolute atomic E-state index is 8.81. The molecular weight excluding hydrogens is 170 g/mol. The van der Waals surface area contributed by atoms with Crippen LogP contribution in [0.15, 0.2) is 6.20 Å². The van der Waals surface area contributed by atoms with Crippen molar-refractivity contribution in [3.63, 3.8) is 0 Å². The summed E-state index contributed by atoms with van der Waals surface area (Å²) in [5.41, 5.74) is 4.95. The molecule has 12 heavy (non-hydrogen) atoms. The minimum Gasteiger partial charge on any atom is -0.326 e. The number of thiazole rings is 1. The summed E-state index contributed by atoms with van der Waals surface area (Å²) in [6.07, 6.45) is 1.74. The minimum atomic E-state index is -0.488. The van der Waals surface area contributed by atoms with Crippen LogP contribution < -0.4 is 5.73 Å². The molecule has 0 atom stereocenters. The Labute approximate surface area is 75.8 Å². The number of nitrogens with two attached hydrogens (primary N) is 1. The van der Waals surface area contributed by atoms with Gasteiger partial charge in [0.25, 0.3) is 0 Å². The first kappa shape index (κ1) is 9.17. The fourth-order valence-electron chi connectivity index (χ4n) is 0.739. The maximum atomic E-state index is 8.81. The third kappa shape index (κ3) is 1.63. The molecule has 0 bridgehead atoms. The third-order valence-electron chi connectivity index (χ3n) is 1.57. The van der Waals surface area contributed by atoms with Crippen molar-refractivity contribution in [2.75, 3.05) is 0 Å². The van der Waals surface area contributed by atoms with E-state index in [0.717, 1.165) is 9.88 Å². The molecule has 0 fully saturated rings. The van der Waals surface area contributed by atoms with Gasteiger partial charge < -0.3 is 5.73 Å². The molecule has 0 radical (unpaired) electrons. The Morgan fingerprint density at radius 3 is 2.83 bits per heavy atom. The molecule has 0 aliphatic carbocycles. The van der Waals surface area contributed by atoms with E-state index < -0.39 is 5.41 Å². The Hall–Kier alpha value is -0.920. The molecule has 0 aliphatic rings. The van der Waals surface area contributed by atoms with E-state index in [-0.39, 0.29) is 0 Å². The second-order valence-corrected chi connectivity index (χ2v) is 4.19. The molecule has 1 heterocycles. The van der Waals surface area contributed by atoms with Crippen molar-refractivity contribution in [1.29, 1.82) is 5.26 Å². The number of nitrogens with zero attached hydrogens (tertiary/aromatic N) is 2. The Balaban J connectivity index is 2.98. The molecule has 3 nitrogen and oxygen atoms in total. The predicted molar refractivity (Wildman–Crippen MR) is 48.6 cm³/mol. The van der Waals surface area contributed by atoms with Crippen LogP contribution in [0.5, 0.6) is 0 Å². The lowest BCUT2D eigenvalue weighted by molar-refractivity contribution is 0.680. The number of hydrogen-bond acceptors (Lipinski definition) is 4. The lowest BCUT2D eigenvalue weighted by Crippen LogP contribution is -2.12. The molecule has 0 aliphatic heterocycles. The highest BCUT2D eigenvalue weighted by atomic mass is 32.1. The molecule has 0 saturated heterocycles. The van der Waals surface area contributed by atoms with Crippen LogP contribution in [-0.4, -0.2) is 4.98 Å². The van der Waals surface area contributed by atoms with Crippen molar-refractivity contribution in [3.8, 4) is 6.07 Å². The average molecular weight is 181 g/mol. The summed E-state index contributed by atoms with van der Waals surface area (Å²) in [5.74, 6) is 0. The van der Waals surface area contributed by atoms with Gasteiger partial charge in [-0.05, 0) is 13.8 Å². The van der Waals surface area contributed by atoms with Crippen molar-refractivity contribution in [2.45, 2.75) is 25.8 Å². The molecule has 1 aromatic rings. The van der Waals surface area contributed by atoms with Crippen molar-refractivity contribution in [2.24, 2.45) is 5.73 Å². The zero-order valence-corrected chi connectivity index (χ0v) is 7.98. The Bertz CT molecular complexity index is 308. The Morgan fingerprint density at radius 1 is 1.75 bits per heavy atom. The van der Waals surface area contributed by atoms with Crippen LogP contribution in [0.2, 0.25) is 0 Å². The van der Waals surface area contributed by atoms with Crippen LogP contribution in [0.3, 0.4) is 0 Å². The summed E-state index contributed by atoms with van der Waals surface area (Å²) < 4.78 is 0. The molecule has 0 amide bonds. The third-order valence-corrected chi connectivity index (χ3v) is 2.91. The lowest BCUT2D eigenvalue weighted by Gasteiger charge is -2.09. The van der Waals surface area contributed by atoms with Gasteiger partial charge in [0.2, 0.25) is 0 Å². The normalized spacial score (nSPS) is 11.2. The standard InChI is InChI=1S/C8H11N3S/c1-8(2,5-10)7-11-4-6(3-9)12-7/h4H,3,9H2,1-2H3. The van der Waals surface area contributed by atoms with Crippen molar-refractivity contribution >= 4 is 11.3 Å². The number of hydrogen-bond donors (Lipinski definition) is 1. The molecule has 0 unspecified atom stereocenters. The zero-order valence-electron chi connectivity index (χ0n) is 7.16. The Kier molecular flexibility index (Phi) is 2.46. The van der Waals surface area contributed by atoms with Gasteiger partial charge in [0.1, 0.15) is 10.4 Å². The molecule has 0 aromatic carbocycles. The van der Waals surface area contributed by atoms with E-state index in [2.05, 4.69) is 11.1 Å². The van der Waals surface area contributed by atoms with E-state index in [1.165, 1.54) is 11.3 Å². The molecule has 4 heteroatoms. The molecule has 1 aromatic heterocycles. The number of rotatable bonds is 2. The van der Waals surface area contributed by atoms with E-state index in [1.807, 2.05) is 13.8 Å². The van der Waals surface area contributed by atoms with Gasteiger partial charge in [0.05, 0.1) is 6.07 Å². The van der Waals surface area contributed by atoms with Crippen LogP contribution in [0.1, 0.15) is 23.7 Å². The summed E-state index contributed by atoms with van der Waals surface area (Å²) >= 11 is 1.51. The second kappa shape index (κ2) is 3.21. The van der Waals surface area contributed by atoms with Gasteiger partial charge >= 0.3 is 0 Å². The first-order valence-electron chi connectivity index (χ1n) is 3.66. The minimum absolute atomic E-state index is 0.488. The van der Waals surface area contributed by atoms with Crippen molar-refractivity contribution in [1.82, 2.24) is 4.98 Å².